The maximum atomic E-state index is 12.3. The Labute approximate surface area is 150 Å². The van der Waals surface area contributed by atoms with Gasteiger partial charge < -0.3 is 10.1 Å². The van der Waals surface area contributed by atoms with Crippen LogP contribution in [0.1, 0.15) is 21.5 Å². The van der Waals surface area contributed by atoms with Crippen LogP contribution in [-0.4, -0.2) is 30.0 Å². The third-order valence-electron chi connectivity index (χ3n) is 4.28. The highest BCUT2D eigenvalue weighted by molar-refractivity contribution is 8.04. The number of allylic oxidation sites excluding steroid dienone is 1. The van der Waals surface area contributed by atoms with Gasteiger partial charge in [0, 0.05) is 30.0 Å². The number of fused-ring (bicyclic) bond motifs is 2. The monoisotopic (exact) mass is 351 g/mol. The lowest BCUT2D eigenvalue weighted by atomic mass is 9.93. The van der Waals surface area contributed by atoms with E-state index in [9.17, 15) is 9.59 Å². The van der Waals surface area contributed by atoms with Crippen molar-refractivity contribution in [2.24, 2.45) is 0 Å². The van der Waals surface area contributed by atoms with Gasteiger partial charge in [-0.05, 0) is 5.56 Å². The van der Waals surface area contributed by atoms with Crippen LogP contribution in [0.5, 0.6) is 0 Å². The fourth-order valence-electron chi connectivity index (χ4n) is 3.03. The van der Waals surface area contributed by atoms with Crippen molar-refractivity contribution in [1.82, 2.24) is 5.32 Å². The summed E-state index contributed by atoms with van der Waals surface area (Å²) in [6.45, 7) is 1.45. The van der Waals surface area contributed by atoms with Crippen molar-refractivity contribution in [2.75, 3.05) is 12.3 Å². The SMILES string of the molecule is O=C1C(=O)c2ccccc2C2=C1SCC(CNCc1ccccc1)O2. The molecule has 0 saturated carbocycles. The molecule has 126 valence electrons. The predicted octanol–water partition coefficient (Wildman–Crippen LogP) is 3.04. The highest BCUT2D eigenvalue weighted by Gasteiger charge is 2.37. The Bertz CT molecular complexity index is 860. The molecule has 1 aliphatic heterocycles. The summed E-state index contributed by atoms with van der Waals surface area (Å²) in [5, 5.41) is 3.40. The van der Waals surface area contributed by atoms with E-state index in [0.29, 0.717) is 28.5 Å². The zero-order chi connectivity index (χ0) is 17.2. The highest BCUT2D eigenvalue weighted by Crippen LogP contribution is 2.40. The topological polar surface area (TPSA) is 55.4 Å². The molecule has 2 aliphatic rings. The average Bonchev–Trinajstić information content (AvgIpc) is 2.67. The molecule has 0 aromatic heterocycles. The second-order valence-electron chi connectivity index (χ2n) is 6.03. The fraction of sp³-hybridized carbons (Fsp3) is 0.200. The first-order valence-electron chi connectivity index (χ1n) is 8.21. The molecular weight excluding hydrogens is 334 g/mol. The molecule has 0 bridgehead atoms. The molecule has 1 unspecified atom stereocenters. The van der Waals surface area contributed by atoms with Crippen molar-refractivity contribution >= 4 is 29.1 Å². The van der Waals surface area contributed by atoms with Gasteiger partial charge in [-0.3, -0.25) is 9.59 Å². The van der Waals surface area contributed by atoms with Gasteiger partial charge in [-0.2, -0.15) is 0 Å². The van der Waals surface area contributed by atoms with Gasteiger partial charge >= 0.3 is 0 Å². The summed E-state index contributed by atoms with van der Waals surface area (Å²) in [4.78, 5) is 25.0. The number of thioether (sulfide) groups is 1. The molecular formula is C20H17NO3S. The molecule has 25 heavy (non-hydrogen) atoms. The van der Waals surface area contributed by atoms with Gasteiger partial charge in [0.1, 0.15) is 16.8 Å². The summed E-state index contributed by atoms with van der Waals surface area (Å²) >= 11 is 1.42. The van der Waals surface area contributed by atoms with Gasteiger partial charge in [0.15, 0.2) is 0 Å². The van der Waals surface area contributed by atoms with Crippen LogP contribution in [-0.2, 0) is 16.1 Å². The molecule has 0 radical (unpaired) electrons. The van der Waals surface area contributed by atoms with Crippen LogP contribution in [0, 0.1) is 0 Å². The maximum Gasteiger partial charge on any atom is 0.243 e. The summed E-state index contributed by atoms with van der Waals surface area (Å²) in [7, 11) is 0. The third kappa shape index (κ3) is 3.13. The Balaban J connectivity index is 1.48. The van der Waals surface area contributed by atoms with Crippen molar-refractivity contribution in [2.45, 2.75) is 12.6 Å². The molecule has 1 N–H and O–H groups in total. The van der Waals surface area contributed by atoms with E-state index in [0.717, 1.165) is 12.1 Å². The first-order chi connectivity index (χ1) is 12.2. The minimum atomic E-state index is -0.450. The minimum Gasteiger partial charge on any atom is -0.486 e. The predicted molar refractivity (Wildman–Crippen MR) is 98.2 cm³/mol. The van der Waals surface area contributed by atoms with E-state index in [1.807, 2.05) is 30.3 Å². The van der Waals surface area contributed by atoms with E-state index in [-0.39, 0.29) is 6.10 Å². The smallest absolute Gasteiger partial charge is 0.243 e. The van der Waals surface area contributed by atoms with E-state index in [4.69, 9.17) is 4.74 Å². The van der Waals surface area contributed by atoms with Gasteiger partial charge in [0.2, 0.25) is 11.6 Å². The molecule has 0 saturated heterocycles. The highest BCUT2D eigenvalue weighted by atomic mass is 32.2. The van der Waals surface area contributed by atoms with E-state index >= 15 is 0 Å². The first kappa shape index (κ1) is 16.1. The third-order valence-corrected chi connectivity index (χ3v) is 5.47. The average molecular weight is 351 g/mol. The van der Waals surface area contributed by atoms with Crippen LogP contribution < -0.4 is 5.32 Å². The van der Waals surface area contributed by atoms with Gasteiger partial charge in [-0.25, -0.2) is 0 Å². The Kier molecular flexibility index (Phi) is 4.42. The summed E-state index contributed by atoms with van der Waals surface area (Å²) in [6, 6.07) is 17.3. The standard InChI is InChI=1S/C20H17NO3S/c22-17-15-8-4-5-9-16(15)19-20(18(17)23)25-12-14(24-19)11-21-10-13-6-2-1-3-7-13/h1-9,14,21H,10-12H2. The van der Waals surface area contributed by atoms with Crippen LogP contribution in [0.25, 0.3) is 5.76 Å². The van der Waals surface area contributed by atoms with E-state index in [1.54, 1.807) is 12.1 Å². The van der Waals surface area contributed by atoms with Crippen LogP contribution >= 0.6 is 11.8 Å². The molecule has 2 aromatic rings. The lowest BCUT2D eigenvalue weighted by Crippen LogP contribution is -2.35. The molecule has 0 amide bonds. The van der Waals surface area contributed by atoms with Crippen molar-refractivity contribution in [3.8, 4) is 0 Å². The van der Waals surface area contributed by atoms with Crippen molar-refractivity contribution in [3.05, 3.63) is 76.2 Å². The fourth-order valence-corrected chi connectivity index (χ4v) is 4.08. The minimum absolute atomic E-state index is 0.0403. The summed E-state index contributed by atoms with van der Waals surface area (Å²) in [6.07, 6.45) is -0.0403. The number of ether oxygens (including phenoxy) is 1. The maximum absolute atomic E-state index is 12.3. The number of hydrogen-bond donors (Lipinski definition) is 1. The number of ketones is 2. The number of nitrogens with one attached hydrogen (secondary N) is 1. The summed E-state index contributed by atoms with van der Waals surface area (Å²) in [5.74, 6) is 0.324. The molecule has 1 heterocycles. The molecule has 0 fully saturated rings. The second-order valence-corrected chi connectivity index (χ2v) is 7.06. The Morgan fingerprint density at radius 2 is 1.68 bits per heavy atom. The van der Waals surface area contributed by atoms with Crippen LogP contribution in [0.4, 0.5) is 0 Å². The van der Waals surface area contributed by atoms with Gasteiger partial charge in [-0.15, -0.1) is 11.8 Å². The van der Waals surface area contributed by atoms with Crippen molar-refractivity contribution in [3.63, 3.8) is 0 Å². The van der Waals surface area contributed by atoms with Crippen LogP contribution in [0.3, 0.4) is 0 Å². The van der Waals surface area contributed by atoms with Gasteiger partial charge in [0.25, 0.3) is 0 Å². The van der Waals surface area contributed by atoms with Gasteiger partial charge in [-0.1, -0.05) is 54.6 Å². The molecule has 1 atom stereocenters. The molecule has 1 aliphatic carbocycles. The Morgan fingerprint density at radius 3 is 2.48 bits per heavy atom. The van der Waals surface area contributed by atoms with E-state index in [1.165, 1.54) is 17.3 Å². The number of rotatable bonds is 4. The summed E-state index contributed by atoms with van der Waals surface area (Å²) < 4.78 is 6.10. The van der Waals surface area contributed by atoms with Crippen molar-refractivity contribution in [1.29, 1.82) is 0 Å². The Morgan fingerprint density at radius 1 is 0.960 bits per heavy atom. The summed E-state index contributed by atoms with van der Waals surface area (Å²) in [5.41, 5.74) is 2.38. The first-order valence-corrected chi connectivity index (χ1v) is 9.19. The lowest BCUT2D eigenvalue weighted by molar-refractivity contribution is -0.111. The largest absolute Gasteiger partial charge is 0.486 e. The van der Waals surface area contributed by atoms with Crippen LogP contribution in [0.2, 0.25) is 0 Å². The molecule has 4 rings (SSSR count). The zero-order valence-electron chi connectivity index (χ0n) is 13.5. The normalized spacial score (nSPS) is 19.3. The number of Topliss-reactive ketones (excluding diaryl/α,β-unsaturated/α-hetero) is 2. The number of benzene rings is 2. The van der Waals surface area contributed by atoms with Gasteiger partial charge in [0.05, 0.1) is 0 Å². The van der Waals surface area contributed by atoms with Crippen molar-refractivity contribution < 1.29 is 14.3 Å². The molecule has 2 aromatic carbocycles. The van der Waals surface area contributed by atoms with E-state index < -0.39 is 11.6 Å². The second kappa shape index (κ2) is 6.86. The molecule has 4 nitrogen and oxygen atoms in total. The molecule has 0 spiro atoms. The molecule has 5 heteroatoms. The number of hydrogen-bond acceptors (Lipinski definition) is 5. The Hall–Kier alpha value is -2.37. The quantitative estimate of drug-likeness (QED) is 0.858. The van der Waals surface area contributed by atoms with E-state index in [2.05, 4.69) is 17.4 Å². The zero-order valence-corrected chi connectivity index (χ0v) is 14.3. The number of carbonyl (C=O) groups excluding carboxylic acids is 2. The lowest BCUT2D eigenvalue weighted by Gasteiger charge is -2.30. The van der Waals surface area contributed by atoms with Crippen LogP contribution in [0.15, 0.2) is 59.5 Å². The number of carbonyl (C=O) groups is 2.